The second-order valence-electron chi connectivity index (χ2n) is 3.84. The van der Waals surface area contributed by atoms with Crippen molar-refractivity contribution in [2.45, 2.75) is 12.8 Å². The number of thiazole rings is 1. The summed E-state index contributed by atoms with van der Waals surface area (Å²) in [4.78, 5) is 4.38. The molecule has 0 aliphatic heterocycles. The van der Waals surface area contributed by atoms with Gasteiger partial charge in [0.2, 0.25) is 0 Å². The molecule has 0 atom stereocenters. The average Bonchev–Trinajstić information content (AvgIpc) is 2.77. The van der Waals surface area contributed by atoms with Gasteiger partial charge in [-0.2, -0.15) is 0 Å². The molecule has 5 heteroatoms. The SMILES string of the molecule is COc1ccc(F)cc1Cc1nc(CCO)cs1. The first-order valence-electron chi connectivity index (χ1n) is 5.59. The minimum atomic E-state index is -0.280. The molecule has 0 saturated carbocycles. The summed E-state index contributed by atoms with van der Waals surface area (Å²) in [6.07, 6.45) is 1.09. The summed E-state index contributed by atoms with van der Waals surface area (Å²) in [7, 11) is 1.57. The molecular formula is C13H14FNO2S. The number of aliphatic hydroxyl groups is 1. The largest absolute Gasteiger partial charge is 0.496 e. The summed E-state index contributed by atoms with van der Waals surface area (Å²) in [5, 5.41) is 11.6. The molecule has 0 saturated heterocycles. The second kappa shape index (κ2) is 5.93. The van der Waals surface area contributed by atoms with Crippen molar-refractivity contribution in [2.24, 2.45) is 0 Å². The molecule has 0 amide bonds. The maximum atomic E-state index is 13.2. The fraction of sp³-hybridized carbons (Fsp3) is 0.308. The van der Waals surface area contributed by atoms with Gasteiger partial charge >= 0.3 is 0 Å². The number of benzene rings is 1. The van der Waals surface area contributed by atoms with Gasteiger partial charge in [-0.15, -0.1) is 11.3 Å². The molecule has 0 bridgehead atoms. The minimum absolute atomic E-state index is 0.0897. The van der Waals surface area contributed by atoms with Crippen LogP contribution >= 0.6 is 11.3 Å². The standard InChI is InChI=1S/C13H14FNO2S/c1-17-12-3-2-10(14)6-9(12)7-13-15-11(4-5-16)8-18-13/h2-3,6,8,16H,4-5,7H2,1H3. The zero-order valence-corrected chi connectivity index (χ0v) is 10.8. The van der Waals surface area contributed by atoms with Gasteiger partial charge in [-0.25, -0.2) is 9.37 Å². The van der Waals surface area contributed by atoms with Gasteiger partial charge in [-0.05, 0) is 18.2 Å². The predicted molar refractivity (Wildman–Crippen MR) is 68.7 cm³/mol. The van der Waals surface area contributed by atoms with Gasteiger partial charge in [0.1, 0.15) is 11.6 Å². The molecule has 2 rings (SSSR count). The number of halogens is 1. The number of nitrogens with zero attached hydrogens (tertiary/aromatic N) is 1. The quantitative estimate of drug-likeness (QED) is 0.904. The van der Waals surface area contributed by atoms with Crippen molar-refractivity contribution in [3.8, 4) is 5.75 Å². The molecule has 0 radical (unpaired) electrons. The minimum Gasteiger partial charge on any atom is -0.496 e. The first-order chi connectivity index (χ1) is 8.72. The Balaban J connectivity index is 2.19. The highest BCUT2D eigenvalue weighted by Gasteiger charge is 2.08. The van der Waals surface area contributed by atoms with E-state index in [4.69, 9.17) is 9.84 Å². The lowest BCUT2D eigenvalue weighted by Crippen LogP contribution is -1.96. The van der Waals surface area contributed by atoms with Crippen LogP contribution in [0.2, 0.25) is 0 Å². The van der Waals surface area contributed by atoms with Crippen LogP contribution in [0.25, 0.3) is 0 Å². The van der Waals surface area contributed by atoms with Crippen LogP contribution in [-0.2, 0) is 12.8 Å². The monoisotopic (exact) mass is 267 g/mol. The molecule has 0 aliphatic carbocycles. The van der Waals surface area contributed by atoms with Crippen LogP contribution in [-0.4, -0.2) is 23.8 Å². The third-order valence-corrected chi connectivity index (χ3v) is 3.45. The molecule has 0 fully saturated rings. The van der Waals surface area contributed by atoms with Gasteiger partial charge in [-0.1, -0.05) is 0 Å². The van der Waals surface area contributed by atoms with Crippen LogP contribution in [0.15, 0.2) is 23.6 Å². The average molecular weight is 267 g/mol. The van der Waals surface area contributed by atoms with Gasteiger partial charge in [0.05, 0.1) is 17.8 Å². The van der Waals surface area contributed by atoms with Crippen molar-refractivity contribution in [1.29, 1.82) is 0 Å². The highest BCUT2D eigenvalue weighted by Crippen LogP contribution is 2.24. The second-order valence-corrected chi connectivity index (χ2v) is 4.78. The molecule has 2 aromatic rings. The Hall–Kier alpha value is -1.46. The van der Waals surface area contributed by atoms with Crippen LogP contribution in [0.3, 0.4) is 0 Å². The van der Waals surface area contributed by atoms with Crippen LogP contribution in [0, 0.1) is 5.82 Å². The van der Waals surface area contributed by atoms with Gasteiger partial charge in [0.25, 0.3) is 0 Å². The van der Waals surface area contributed by atoms with Crippen molar-refractivity contribution < 1.29 is 14.2 Å². The molecule has 1 aromatic carbocycles. The summed E-state index contributed by atoms with van der Waals surface area (Å²) in [6, 6.07) is 4.46. The molecule has 1 aromatic heterocycles. The van der Waals surface area contributed by atoms with E-state index in [0.29, 0.717) is 18.6 Å². The fourth-order valence-electron chi connectivity index (χ4n) is 1.71. The molecule has 0 spiro atoms. The highest BCUT2D eigenvalue weighted by atomic mass is 32.1. The first kappa shape index (κ1) is 13.0. The Bertz CT molecular complexity index is 527. The van der Waals surface area contributed by atoms with Gasteiger partial charge < -0.3 is 9.84 Å². The lowest BCUT2D eigenvalue weighted by atomic mass is 10.1. The van der Waals surface area contributed by atoms with Crippen LogP contribution in [0.4, 0.5) is 4.39 Å². The van der Waals surface area contributed by atoms with Gasteiger partial charge in [0, 0.05) is 30.4 Å². The molecule has 0 aliphatic rings. The van der Waals surface area contributed by atoms with E-state index in [9.17, 15) is 4.39 Å². The van der Waals surface area contributed by atoms with Crippen molar-refractivity contribution in [1.82, 2.24) is 4.98 Å². The zero-order chi connectivity index (χ0) is 13.0. The summed E-state index contributed by atoms with van der Waals surface area (Å²) >= 11 is 1.51. The molecular weight excluding hydrogens is 253 g/mol. The Labute approximate surface area is 109 Å². The number of rotatable bonds is 5. The summed E-state index contributed by atoms with van der Waals surface area (Å²) in [5.74, 6) is 0.383. The highest BCUT2D eigenvalue weighted by molar-refractivity contribution is 7.09. The molecule has 1 N–H and O–H groups in total. The number of ether oxygens (including phenoxy) is 1. The number of aliphatic hydroxyl groups excluding tert-OH is 1. The number of hydrogen-bond donors (Lipinski definition) is 1. The number of aromatic nitrogens is 1. The van der Waals surface area contributed by atoms with Crippen molar-refractivity contribution in [3.63, 3.8) is 0 Å². The molecule has 0 unspecified atom stereocenters. The van der Waals surface area contributed by atoms with E-state index >= 15 is 0 Å². The summed E-state index contributed by atoms with van der Waals surface area (Å²) in [5.41, 5.74) is 1.65. The van der Waals surface area contributed by atoms with Crippen LogP contribution < -0.4 is 4.74 Å². The molecule has 96 valence electrons. The van der Waals surface area contributed by atoms with Crippen molar-refractivity contribution in [2.75, 3.05) is 13.7 Å². The van der Waals surface area contributed by atoms with Crippen LogP contribution in [0.1, 0.15) is 16.3 Å². The van der Waals surface area contributed by atoms with E-state index in [1.165, 1.54) is 23.5 Å². The maximum Gasteiger partial charge on any atom is 0.123 e. The van der Waals surface area contributed by atoms with E-state index in [0.717, 1.165) is 16.3 Å². The lowest BCUT2D eigenvalue weighted by Gasteiger charge is -2.06. The fourth-order valence-corrected chi connectivity index (χ4v) is 2.56. The smallest absolute Gasteiger partial charge is 0.123 e. The third kappa shape index (κ3) is 3.05. The van der Waals surface area contributed by atoms with Gasteiger partial charge in [0.15, 0.2) is 0 Å². The maximum absolute atomic E-state index is 13.2. The third-order valence-electron chi connectivity index (χ3n) is 2.55. The lowest BCUT2D eigenvalue weighted by molar-refractivity contribution is 0.298. The normalized spacial score (nSPS) is 10.6. The molecule has 3 nitrogen and oxygen atoms in total. The van der Waals surface area contributed by atoms with E-state index in [2.05, 4.69) is 4.98 Å². The van der Waals surface area contributed by atoms with E-state index < -0.39 is 0 Å². The molecule has 18 heavy (non-hydrogen) atoms. The zero-order valence-electron chi connectivity index (χ0n) is 10.0. The van der Waals surface area contributed by atoms with E-state index in [1.54, 1.807) is 13.2 Å². The van der Waals surface area contributed by atoms with Gasteiger partial charge in [-0.3, -0.25) is 0 Å². The van der Waals surface area contributed by atoms with Crippen LogP contribution in [0.5, 0.6) is 5.75 Å². The first-order valence-corrected chi connectivity index (χ1v) is 6.47. The summed E-state index contributed by atoms with van der Waals surface area (Å²) < 4.78 is 18.4. The van der Waals surface area contributed by atoms with E-state index in [1.807, 2.05) is 5.38 Å². The van der Waals surface area contributed by atoms with Crippen molar-refractivity contribution in [3.05, 3.63) is 45.7 Å². The summed E-state index contributed by atoms with van der Waals surface area (Å²) in [6.45, 7) is 0.0897. The molecule has 1 heterocycles. The Kier molecular flexibility index (Phi) is 4.28. The predicted octanol–water partition coefficient (Wildman–Crippen LogP) is 2.42. The number of methoxy groups -OCH3 is 1. The van der Waals surface area contributed by atoms with Crippen molar-refractivity contribution >= 4 is 11.3 Å². The Morgan fingerprint density at radius 2 is 2.28 bits per heavy atom. The Morgan fingerprint density at radius 3 is 3.00 bits per heavy atom. The van der Waals surface area contributed by atoms with E-state index in [-0.39, 0.29) is 12.4 Å². The number of hydrogen-bond acceptors (Lipinski definition) is 4. The topological polar surface area (TPSA) is 42.4 Å². The Morgan fingerprint density at radius 1 is 1.44 bits per heavy atom.